The second-order valence-electron chi connectivity index (χ2n) is 5.01. The Bertz CT molecular complexity index is 819. The first kappa shape index (κ1) is 16.9. The number of esters is 1. The molecule has 0 amide bonds. The molecule has 1 aromatic carbocycles. The Kier molecular flexibility index (Phi) is 4.97. The van der Waals surface area contributed by atoms with E-state index in [9.17, 15) is 13.2 Å². The van der Waals surface area contributed by atoms with Gasteiger partial charge in [0.25, 0.3) is 5.82 Å². The summed E-state index contributed by atoms with van der Waals surface area (Å²) in [6.07, 6.45) is 1.60. The van der Waals surface area contributed by atoms with Gasteiger partial charge in [0, 0.05) is 14.1 Å². The molecule has 0 unspecified atom stereocenters. The number of carbonyl (C=O) groups is 1. The fourth-order valence-corrected chi connectivity index (χ4v) is 2.83. The maximum Gasteiger partial charge on any atom is 0.346 e. The van der Waals surface area contributed by atoms with E-state index in [1.54, 1.807) is 30.5 Å². The van der Waals surface area contributed by atoms with E-state index in [1.807, 2.05) is 0 Å². The summed E-state index contributed by atoms with van der Waals surface area (Å²) in [5.41, 5.74) is 6.46. The third-order valence-electron chi connectivity index (χ3n) is 3.15. The Morgan fingerprint density at radius 1 is 1.26 bits per heavy atom. The van der Waals surface area contributed by atoms with Gasteiger partial charge in [-0.3, -0.25) is 5.73 Å². The number of nitrogens with zero attached hydrogens (tertiary/aromatic N) is 1. The smallest absolute Gasteiger partial charge is 0.346 e. The van der Waals surface area contributed by atoms with Gasteiger partial charge in [-0.2, -0.15) is 0 Å². The van der Waals surface area contributed by atoms with Gasteiger partial charge >= 0.3 is 5.97 Å². The van der Waals surface area contributed by atoms with Crippen molar-refractivity contribution in [3.63, 3.8) is 0 Å². The number of aromatic amines is 1. The first-order valence-corrected chi connectivity index (χ1v) is 8.21. The van der Waals surface area contributed by atoms with Crippen LogP contribution in [0.25, 0.3) is 0 Å². The standard InChI is InChI=1S/C15H17N3O4S/c1-18(2)23(20,21)12-6-3-5-11(9-12)10-22-15(19)13-7-4-8-17-14(13)16/h3-9H,10H2,1-2H3,(H2,16,17)/p+1. The van der Waals surface area contributed by atoms with Crippen molar-refractivity contribution in [3.05, 3.63) is 53.7 Å². The van der Waals surface area contributed by atoms with Crippen LogP contribution in [0.1, 0.15) is 15.9 Å². The normalized spacial score (nSPS) is 11.4. The molecule has 122 valence electrons. The lowest BCUT2D eigenvalue weighted by Gasteiger charge is -2.12. The Hall–Kier alpha value is -2.45. The molecule has 0 bridgehead atoms. The van der Waals surface area contributed by atoms with Crippen LogP contribution in [0.4, 0.5) is 5.82 Å². The second kappa shape index (κ2) is 6.76. The summed E-state index contributed by atoms with van der Waals surface area (Å²) in [7, 11) is -0.619. The number of anilines is 1. The molecule has 7 nitrogen and oxygen atoms in total. The molecule has 23 heavy (non-hydrogen) atoms. The van der Waals surface area contributed by atoms with Gasteiger partial charge in [-0.15, -0.1) is 0 Å². The Labute approximate surface area is 134 Å². The van der Waals surface area contributed by atoms with Crippen LogP contribution in [0.15, 0.2) is 47.5 Å². The number of nitrogen functional groups attached to an aromatic ring is 1. The lowest BCUT2D eigenvalue weighted by Crippen LogP contribution is -2.22. The van der Waals surface area contributed by atoms with E-state index in [1.165, 1.54) is 26.2 Å². The first-order chi connectivity index (χ1) is 10.8. The Morgan fingerprint density at radius 3 is 2.65 bits per heavy atom. The molecule has 0 aliphatic rings. The lowest BCUT2D eigenvalue weighted by atomic mass is 10.2. The van der Waals surface area contributed by atoms with Crippen molar-refractivity contribution in [2.24, 2.45) is 0 Å². The molecule has 0 spiro atoms. The molecular formula is C15H18N3O4S+. The van der Waals surface area contributed by atoms with E-state index in [0.717, 1.165) is 4.31 Å². The highest BCUT2D eigenvalue weighted by Gasteiger charge is 2.18. The average Bonchev–Trinajstić information content (AvgIpc) is 2.53. The molecule has 0 atom stereocenters. The fraction of sp³-hybridized carbons (Fsp3) is 0.200. The number of pyridine rings is 1. The minimum atomic E-state index is -3.53. The number of aromatic nitrogens is 1. The number of benzene rings is 1. The SMILES string of the molecule is CN(C)S(=O)(=O)c1cccc(COC(=O)c2ccc[nH+]c2N)c1. The Morgan fingerprint density at radius 2 is 2.00 bits per heavy atom. The number of sulfonamides is 1. The van der Waals surface area contributed by atoms with Crippen LogP contribution >= 0.6 is 0 Å². The minimum absolute atomic E-state index is 0.0516. The zero-order valence-electron chi connectivity index (χ0n) is 12.8. The minimum Gasteiger partial charge on any atom is -0.457 e. The van der Waals surface area contributed by atoms with Crippen molar-refractivity contribution in [1.82, 2.24) is 4.31 Å². The van der Waals surface area contributed by atoms with E-state index in [4.69, 9.17) is 10.5 Å². The van der Waals surface area contributed by atoms with Crippen LogP contribution in [0, 0.1) is 0 Å². The highest BCUT2D eigenvalue weighted by molar-refractivity contribution is 7.89. The molecule has 0 saturated carbocycles. The van der Waals surface area contributed by atoms with Crippen LogP contribution in [-0.4, -0.2) is 32.8 Å². The molecule has 2 rings (SSSR count). The average molecular weight is 336 g/mol. The van der Waals surface area contributed by atoms with Gasteiger partial charge in [0.2, 0.25) is 10.0 Å². The van der Waals surface area contributed by atoms with Crippen LogP contribution in [0.2, 0.25) is 0 Å². The van der Waals surface area contributed by atoms with E-state index in [-0.39, 0.29) is 22.9 Å². The molecular weight excluding hydrogens is 318 g/mol. The van der Waals surface area contributed by atoms with Gasteiger partial charge in [-0.25, -0.2) is 22.5 Å². The number of hydrogen-bond donors (Lipinski definition) is 1. The molecule has 1 aromatic heterocycles. The van der Waals surface area contributed by atoms with Crippen LogP contribution in [0.3, 0.4) is 0 Å². The van der Waals surface area contributed by atoms with Crippen LogP contribution in [0.5, 0.6) is 0 Å². The lowest BCUT2D eigenvalue weighted by molar-refractivity contribution is -0.360. The number of nitrogens with one attached hydrogen (secondary N) is 1. The van der Waals surface area contributed by atoms with Gasteiger partial charge in [0.05, 0.1) is 11.1 Å². The van der Waals surface area contributed by atoms with Crippen molar-refractivity contribution in [3.8, 4) is 0 Å². The number of carbonyl (C=O) groups excluding carboxylic acids is 1. The van der Waals surface area contributed by atoms with Crippen molar-refractivity contribution in [2.75, 3.05) is 19.8 Å². The summed E-state index contributed by atoms with van der Waals surface area (Å²) in [4.78, 5) is 14.8. The fourth-order valence-electron chi connectivity index (χ4n) is 1.86. The summed E-state index contributed by atoms with van der Waals surface area (Å²) in [6.45, 7) is -0.0516. The van der Waals surface area contributed by atoms with E-state index in [2.05, 4.69) is 4.98 Å². The monoisotopic (exact) mass is 336 g/mol. The molecule has 3 N–H and O–H groups in total. The van der Waals surface area contributed by atoms with E-state index < -0.39 is 16.0 Å². The molecule has 1 heterocycles. The number of rotatable bonds is 5. The summed E-state index contributed by atoms with van der Waals surface area (Å²) < 4.78 is 30.5. The summed E-state index contributed by atoms with van der Waals surface area (Å²) >= 11 is 0. The summed E-state index contributed by atoms with van der Waals surface area (Å²) in [5.74, 6) is -0.373. The van der Waals surface area contributed by atoms with Gasteiger partial charge in [-0.05, 0) is 29.8 Å². The predicted octanol–water partition coefficient (Wildman–Crippen LogP) is 0.690. The van der Waals surface area contributed by atoms with Gasteiger partial charge in [0.1, 0.15) is 12.2 Å². The first-order valence-electron chi connectivity index (χ1n) is 6.77. The molecule has 0 aliphatic heterocycles. The zero-order valence-corrected chi connectivity index (χ0v) is 13.6. The number of H-pyrrole nitrogens is 1. The molecule has 0 saturated heterocycles. The summed E-state index contributed by atoms with van der Waals surface area (Å²) in [5, 5.41) is 0. The van der Waals surface area contributed by atoms with Crippen molar-refractivity contribution in [2.45, 2.75) is 11.5 Å². The number of nitrogens with two attached hydrogens (primary N) is 1. The van der Waals surface area contributed by atoms with Crippen molar-refractivity contribution in [1.29, 1.82) is 0 Å². The zero-order chi connectivity index (χ0) is 17.0. The van der Waals surface area contributed by atoms with Gasteiger partial charge in [-0.1, -0.05) is 12.1 Å². The van der Waals surface area contributed by atoms with Gasteiger partial charge in [0.15, 0.2) is 0 Å². The van der Waals surface area contributed by atoms with E-state index in [0.29, 0.717) is 5.56 Å². The van der Waals surface area contributed by atoms with Crippen LogP contribution < -0.4 is 10.7 Å². The van der Waals surface area contributed by atoms with Crippen LogP contribution in [-0.2, 0) is 21.4 Å². The Balaban J connectivity index is 2.13. The molecule has 8 heteroatoms. The molecule has 2 aromatic rings. The second-order valence-corrected chi connectivity index (χ2v) is 7.16. The summed E-state index contributed by atoms with van der Waals surface area (Å²) in [6, 6.07) is 9.43. The molecule has 0 radical (unpaired) electrons. The quantitative estimate of drug-likeness (QED) is 0.809. The number of ether oxygens (including phenoxy) is 1. The van der Waals surface area contributed by atoms with Gasteiger partial charge < -0.3 is 4.74 Å². The van der Waals surface area contributed by atoms with E-state index >= 15 is 0 Å². The highest BCUT2D eigenvalue weighted by Crippen LogP contribution is 2.16. The topological polar surface area (TPSA) is 104 Å². The third-order valence-corrected chi connectivity index (χ3v) is 4.97. The van der Waals surface area contributed by atoms with Crippen molar-refractivity contribution < 1.29 is 22.9 Å². The predicted molar refractivity (Wildman–Crippen MR) is 83.8 cm³/mol. The van der Waals surface area contributed by atoms with Crippen molar-refractivity contribution >= 4 is 21.8 Å². The largest absolute Gasteiger partial charge is 0.457 e. The molecule has 0 aliphatic carbocycles. The number of hydrogen-bond acceptors (Lipinski definition) is 5. The highest BCUT2D eigenvalue weighted by atomic mass is 32.2. The molecule has 0 fully saturated rings. The maximum atomic E-state index is 12.1. The third kappa shape index (κ3) is 3.85. The maximum absolute atomic E-state index is 12.1.